The third-order valence-electron chi connectivity index (χ3n) is 8.96. The van der Waals surface area contributed by atoms with E-state index in [9.17, 15) is 32.7 Å². The highest BCUT2D eigenvalue weighted by molar-refractivity contribution is 7.11. The number of thiazole rings is 1. The number of aromatic carboxylic acids is 1. The predicted molar refractivity (Wildman–Crippen MR) is 183 cm³/mol. The molecular weight excluding hydrogens is 709 g/mol. The second kappa shape index (κ2) is 13.8. The molecule has 2 atom stereocenters. The van der Waals surface area contributed by atoms with Crippen molar-refractivity contribution < 1.29 is 37.4 Å². The van der Waals surface area contributed by atoms with Crippen molar-refractivity contribution >= 4 is 52.4 Å². The molecule has 3 aliphatic rings. The van der Waals surface area contributed by atoms with Crippen LogP contribution in [0.4, 0.5) is 23.7 Å². The Morgan fingerprint density at radius 1 is 1.06 bits per heavy atom. The first-order valence-electron chi connectivity index (χ1n) is 15.7. The van der Waals surface area contributed by atoms with Crippen molar-refractivity contribution in [3.05, 3.63) is 116 Å². The van der Waals surface area contributed by atoms with Gasteiger partial charge in [0.1, 0.15) is 23.5 Å². The number of halogens is 4. The summed E-state index contributed by atoms with van der Waals surface area (Å²) < 4.78 is 49.0. The number of carbonyl (C=O) groups is 3. The number of carboxylic acid groups (broad SMARTS) is 1. The number of methoxy groups -OCH3 is 1. The average Bonchev–Trinajstić information content (AvgIpc) is 3.76. The van der Waals surface area contributed by atoms with Gasteiger partial charge in [-0.2, -0.15) is 0 Å². The molecule has 2 unspecified atom stereocenters. The zero-order valence-electron chi connectivity index (χ0n) is 26.8. The molecule has 51 heavy (non-hydrogen) atoms. The zero-order chi connectivity index (χ0) is 36.0. The number of amidine groups is 1. The molecule has 16 heteroatoms. The fourth-order valence-corrected chi connectivity index (χ4v) is 7.45. The van der Waals surface area contributed by atoms with Gasteiger partial charge in [-0.25, -0.2) is 32.5 Å². The Balaban J connectivity index is 1.16. The van der Waals surface area contributed by atoms with Crippen molar-refractivity contribution in [3.8, 4) is 11.1 Å². The van der Waals surface area contributed by atoms with Crippen LogP contribution in [-0.2, 0) is 9.53 Å². The number of aliphatic imine (C=N–C) groups is 1. The molecule has 4 aromatic rings. The fraction of sp³-hybridized carbons (Fsp3) is 0.229. The molecule has 0 aliphatic carbocycles. The molecule has 2 saturated heterocycles. The normalized spacial score (nSPS) is 19.2. The lowest BCUT2D eigenvalue weighted by Crippen LogP contribution is -2.53. The number of carboxylic acids is 1. The largest absolute Gasteiger partial charge is 0.478 e. The van der Waals surface area contributed by atoms with Crippen molar-refractivity contribution in [2.75, 3.05) is 44.7 Å². The smallest absolute Gasteiger partial charge is 0.338 e. The Morgan fingerprint density at radius 2 is 1.88 bits per heavy atom. The summed E-state index contributed by atoms with van der Waals surface area (Å²) in [6.07, 6.45) is 1.62. The highest BCUT2D eigenvalue weighted by Crippen LogP contribution is 2.38. The van der Waals surface area contributed by atoms with Crippen LogP contribution in [0.15, 0.2) is 82.4 Å². The van der Waals surface area contributed by atoms with E-state index in [1.807, 2.05) is 0 Å². The molecular formula is C35H28ClF3N6O5S. The molecule has 0 saturated carbocycles. The molecule has 4 heterocycles. The standard InChI is InChI=1S/C35H28ClF3N6O5S/c1-50-34(48)29-28(41-31(32-40-6-9-51-32)42-30(29)25-5-3-20(37)14-26(25)36)17-43-7-8-44-23(15-43)16-45(35(44)49)22-11-19(10-21(38)13-22)24-4-2-18(33(46)47)12-27(24)39/h2-6,9-14,23,30H,7-8,15-17H2,1H3,(H,41,42)(H,46,47). The van der Waals surface area contributed by atoms with E-state index in [0.717, 1.165) is 18.2 Å². The van der Waals surface area contributed by atoms with E-state index < -0.39 is 35.4 Å². The van der Waals surface area contributed by atoms with E-state index in [1.165, 1.54) is 59.7 Å². The maximum Gasteiger partial charge on any atom is 0.338 e. The number of esters is 1. The SMILES string of the molecule is COC(=O)C1=C(CN2CCN3C(=O)N(c4cc(F)cc(-c5ccc(C(=O)O)cc5F)c4)CC3C2)NC(c2nccs2)=NC1c1ccc(F)cc1Cl. The first kappa shape index (κ1) is 34.2. The van der Waals surface area contributed by atoms with Gasteiger partial charge >= 0.3 is 18.0 Å². The molecule has 3 aliphatic heterocycles. The zero-order valence-corrected chi connectivity index (χ0v) is 28.3. The van der Waals surface area contributed by atoms with E-state index in [4.69, 9.17) is 21.3 Å². The lowest BCUT2D eigenvalue weighted by molar-refractivity contribution is -0.136. The van der Waals surface area contributed by atoms with Gasteiger partial charge < -0.3 is 20.1 Å². The van der Waals surface area contributed by atoms with E-state index in [1.54, 1.807) is 16.5 Å². The number of piperazine rings is 1. The van der Waals surface area contributed by atoms with Crippen LogP contribution in [0.3, 0.4) is 0 Å². The van der Waals surface area contributed by atoms with Crippen LogP contribution >= 0.6 is 22.9 Å². The average molecular weight is 737 g/mol. The molecule has 2 fully saturated rings. The van der Waals surface area contributed by atoms with E-state index >= 15 is 0 Å². The highest BCUT2D eigenvalue weighted by atomic mass is 35.5. The summed E-state index contributed by atoms with van der Waals surface area (Å²) in [6, 6.07) is 9.45. The number of nitrogens with zero attached hydrogens (tertiary/aromatic N) is 5. The van der Waals surface area contributed by atoms with Crippen molar-refractivity contribution in [1.29, 1.82) is 0 Å². The summed E-state index contributed by atoms with van der Waals surface area (Å²) in [6.45, 7) is 1.57. The number of aromatic nitrogens is 1. The summed E-state index contributed by atoms with van der Waals surface area (Å²) in [4.78, 5) is 52.6. The van der Waals surface area contributed by atoms with Gasteiger partial charge in [-0.3, -0.25) is 14.8 Å². The quantitative estimate of drug-likeness (QED) is 0.220. The van der Waals surface area contributed by atoms with Crippen LogP contribution < -0.4 is 10.2 Å². The second-order valence-electron chi connectivity index (χ2n) is 12.1. The summed E-state index contributed by atoms with van der Waals surface area (Å²) in [5.41, 5.74) is 1.20. The van der Waals surface area contributed by atoms with Crippen LogP contribution in [-0.4, -0.2) is 89.6 Å². The molecule has 11 nitrogen and oxygen atoms in total. The Kier molecular flexibility index (Phi) is 9.26. The minimum Gasteiger partial charge on any atom is -0.478 e. The molecule has 262 valence electrons. The van der Waals surface area contributed by atoms with Crippen LogP contribution in [0, 0.1) is 17.5 Å². The van der Waals surface area contributed by atoms with Crippen LogP contribution in [0.25, 0.3) is 11.1 Å². The van der Waals surface area contributed by atoms with Gasteiger partial charge in [-0.1, -0.05) is 23.7 Å². The maximum atomic E-state index is 14.9. The number of nitrogens with one attached hydrogen (secondary N) is 1. The number of hydrogen-bond donors (Lipinski definition) is 2. The molecule has 7 rings (SSSR count). The molecule has 0 spiro atoms. The van der Waals surface area contributed by atoms with Crippen LogP contribution in [0.2, 0.25) is 5.02 Å². The van der Waals surface area contributed by atoms with Crippen LogP contribution in [0.1, 0.15) is 27.0 Å². The lowest BCUT2D eigenvalue weighted by Gasteiger charge is -2.38. The number of rotatable bonds is 8. The maximum absolute atomic E-state index is 14.9. The van der Waals surface area contributed by atoms with Crippen molar-refractivity contribution in [1.82, 2.24) is 20.1 Å². The van der Waals surface area contributed by atoms with Gasteiger partial charge in [0.2, 0.25) is 0 Å². The number of fused-ring (bicyclic) bond motifs is 1. The Hall–Kier alpha value is -5.25. The van der Waals surface area contributed by atoms with Gasteiger partial charge in [0, 0.05) is 71.8 Å². The number of amides is 2. The van der Waals surface area contributed by atoms with Crippen molar-refractivity contribution in [3.63, 3.8) is 0 Å². The topological polar surface area (TPSA) is 128 Å². The minimum absolute atomic E-state index is 0.00755. The molecule has 2 N–H and O–H groups in total. The first-order chi connectivity index (χ1) is 24.5. The number of hydrogen-bond acceptors (Lipinski definition) is 9. The monoisotopic (exact) mass is 736 g/mol. The summed E-state index contributed by atoms with van der Waals surface area (Å²) in [5.74, 6) is -3.62. The number of carbonyl (C=O) groups excluding carboxylic acids is 2. The molecule has 0 bridgehead atoms. The molecule has 2 amide bonds. The van der Waals surface area contributed by atoms with Crippen molar-refractivity contribution in [2.45, 2.75) is 12.1 Å². The van der Waals surface area contributed by atoms with E-state index in [2.05, 4.69) is 15.2 Å². The fourth-order valence-electron chi connectivity index (χ4n) is 6.59. The lowest BCUT2D eigenvalue weighted by atomic mass is 9.95. The van der Waals surface area contributed by atoms with Gasteiger partial charge in [0.25, 0.3) is 0 Å². The van der Waals surface area contributed by atoms with Gasteiger partial charge in [0.05, 0.1) is 24.3 Å². The van der Waals surface area contributed by atoms with Gasteiger partial charge in [-0.15, -0.1) is 11.3 Å². The minimum atomic E-state index is -1.30. The Bertz CT molecular complexity index is 2130. The van der Waals surface area contributed by atoms with E-state index in [0.29, 0.717) is 41.7 Å². The molecule has 3 aromatic carbocycles. The summed E-state index contributed by atoms with van der Waals surface area (Å²) in [5, 5.41) is 14.9. The number of benzene rings is 3. The summed E-state index contributed by atoms with van der Waals surface area (Å²) in [7, 11) is 1.26. The first-order valence-corrected chi connectivity index (χ1v) is 16.9. The van der Waals surface area contributed by atoms with Crippen LogP contribution in [0.5, 0.6) is 0 Å². The Labute approximate surface area is 298 Å². The molecule has 0 radical (unpaired) electrons. The Morgan fingerprint density at radius 3 is 2.59 bits per heavy atom. The van der Waals surface area contributed by atoms with Gasteiger partial charge in [0.15, 0.2) is 10.8 Å². The molecule has 1 aromatic heterocycles. The van der Waals surface area contributed by atoms with E-state index in [-0.39, 0.29) is 58.1 Å². The van der Waals surface area contributed by atoms with Crippen molar-refractivity contribution in [2.24, 2.45) is 4.99 Å². The third kappa shape index (κ3) is 6.67. The second-order valence-corrected chi connectivity index (χ2v) is 13.4. The summed E-state index contributed by atoms with van der Waals surface area (Å²) >= 11 is 7.81. The van der Waals surface area contributed by atoms with Gasteiger partial charge in [-0.05, 0) is 48.0 Å². The highest BCUT2D eigenvalue weighted by Gasteiger charge is 2.42. The number of anilines is 1. The predicted octanol–water partition coefficient (Wildman–Crippen LogP) is 5.72. The third-order valence-corrected chi connectivity index (χ3v) is 10.1. The number of urea groups is 1. The number of ether oxygens (including phenoxy) is 1.